The summed E-state index contributed by atoms with van der Waals surface area (Å²) in [6, 6.07) is 6.95. The molecule has 27 heavy (non-hydrogen) atoms. The lowest BCUT2D eigenvalue weighted by Crippen LogP contribution is -2.40. The quantitative estimate of drug-likeness (QED) is 0.690. The summed E-state index contributed by atoms with van der Waals surface area (Å²) in [4.78, 5) is 30.7. The molecule has 0 spiro atoms. The first-order valence-electron chi connectivity index (χ1n) is 7.66. The molecule has 8 nitrogen and oxygen atoms in total. The first-order valence-corrected chi connectivity index (χ1v) is 7.66. The average molecular weight is 381 g/mol. The second-order valence-electron chi connectivity index (χ2n) is 5.67. The Labute approximate surface area is 150 Å². The van der Waals surface area contributed by atoms with E-state index in [-0.39, 0.29) is 0 Å². The third kappa shape index (κ3) is 3.48. The summed E-state index contributed by atoms with van der Waals surface area (Å²) >= 11 is 0. The molecule has 0 aliphatic carbocycles. The smallest absolute Gasteiger partial charge is 0.434 e. The minimum Gasteiger partial charge on any atom is -0.465 e. The van der Waals surface area contributed by atoms with Crippen molar-refractivity contribution in [1.29, 1.82) is 0 Å². The fourth-order valence-corrected chi connectivity index (χ4v) is 2.73. The van der Waals surface area contributed by atoms with Crippen molar-refractivity contribution >= 4 is 23.3 Å². The van der Waals surface area contributed by atoms with Gasteiger partial charge in [0.15, 0.2) is 5.69 Å². The van der Waals surface area contributed by atoms with Gasteiger partial charge in [0.2, 0.25) is 5.91 Å². The normalized spacial score (nSPS) is 14.7. The van der Waals surface area contributed by atoms with Gasteiger partial charge >= 0.3 is 12.1 Å². The van der Waals surface area contributed by atoms with Crippen molar-refractivity contribution in [3.63, 3.8) is 0 Å². The number of fused-ring (bicyclic) bond motifs is 1. The number of hydrogen-bond acceptors (Lipinski definition) is 7. The van der Waals surface area contributed by atoms with Crippen molar-refractivity contribution in [2.24, 2.45) is 5.73 Å². The highest BCUT2D eigenvalue weighted by Crippen LogP contribution is 2.35. The van der Waals surface area contributed by atoms with Crippen LogP contribution < -0.4 is 16.4 Å². The zero-order valence-electron chi connectivity index (χ0n) is 13.9. The molecule has 1 atom stereocenters. The molecule has 0 saturated heterocycles. The molecule has 2 aromatic rings. The number of benzene rings is 1. The maximum Gasteiger partial charge on any atom is 0.434 e. The van der Waals surface area contributed by atoms with Crippen LogP contribution in [0.5, 0.6) is 0 Å². The summed E-state index contributed by atoms with van der Waals surface area (Å²) in [7, 11) is 0.937. The van der Waals surface area contributed by atoms with Gasteiger partial charge in [-0.1, -0.05) is 12.1 Å². The Kier molecular flexibility index (Phi) is 4.60. The van der Waals surface area contributed by atoms with E-state index in [1.807, 2.05) is 0 Å². The third-order valence-electron chi connectivity index (χ3n) is 3.95. The van der Waals surface area contributed by atoms with Gasteiger partial charge in [0.1, 0.15) is 23.5 Å². The van der Waals surface area contributed by atoms with Crippen molar-refractivity contribution in [1.82, 2.24) is 9.97 Å². The number of carbonyl (C=O) groups excluding carboxylic acids is 2. The monoisotopic (exact) mass is 381 g/mol. The number of para-hydroxylation sites is 2. The Hall–Kier alpha value is -3.37. The molecular weight excluding hydrogens is 367 g/mol. The fourth-order valence-electron chi connectivity index (χ4n) is 2.73. The number of ether oxygens (including phenoxy) is 1. The minimum atomic E-state index is -4.96. The number of nitrogens with two attached hydrogens (primary N) is 1. The molecule has 142 valence electrons. The van der Waals surface area contributed by atoms with Crippen LogP contribution in [0.1, 0.15) is 27.8 Å². The Balaban J connectivity index is 2.02. The average Bonchev–Trinajstić information content (AvgIpc) is 3.03. The molecule has 0 fully saturated rings. The van der Waals surface area contributed by atoms with Gasteiger partial charge in [-0.05, 0) is 12.1 Å². The van der Waals surface area contributed by atoms with E-state index in [2.05, 4.69) is 25.3 Å². The Morgan fingerprint density at radius 1 is 1.22 bits per heavy atom. The Morgan fingerprint density at radius 3 is 2.30 bits per heavy atom. The van der Waals surface area contributed by atoms with Gasteiger partial charge < -0.3 is 21.1 Å². The maximum absolute atomic E-state index is 13.3. The molecule has 2 heterocycles. The molecule has 3 rings (SSSR count). The first-order chi connectivity index (χ1) is 12.7. The second kappa shape index (κ2) is 6.74. The number of nitrogens with zero attached hydrogens (tertiary/aromatic N) is 2. The molecule has 0 bridgehead atoms. The van der Waals surface area contributed by atoms with Crippen molar-refractivity contribution in [3.05, 3.63) is 47.5 Å². The first kappa shape index (κ1) is 18.4. The number of aromatic nitrogens is 2. The summed E-state index contributed by atoms with van der Waals surface area (Å²) in [6.07, 6.45) is -5.14. The number of carbonyl (C=O) groups is 2. The largest absolute Gasteiger partial charge is 0.465 e. The summed E-state index contributed by atoms with van der Waals surface area (Å²) in [5.41, 5.74) is 4.34. The van der Waals surface area contributed by atoms with Crippen molar-refractivity contribution in [3.8, 4) is 0 Å². The predicted molar refractivity (Wildman–Crippen MR) is 87.8 cm³/mol. The standard InChI is InChI=1S/C16H14F3N5O3/c1-27-15(26)7-6-21-13(24-11(7)16(17,18)19)10(12(20)25)14-22-8-4-2-3-5-9(8)23-14/h2-6,10,14,22-23H,1H3,(H2,20,25). The molecule has 1 aromatic heterocycles. The number of primary amides is 1. The molecule has 1 amide bonds. The Morgan fingerprint density at radius 2 is 1.81 bits per heavy atom. The lowest BCUT2D eigenvalue weighted by molar-refractivity contribution is -0.142. The molecule has 1 aliphatic heterocycles. The fraction of sp³-hybridized carbons (Fsp3) is 0.250. The summed E-state index contributed by atoms with van der Waals surface area (Å²) in [6.45, 7) is 0. The molecular formula is C16H14F3N5O3. The zero-order chi connectivity index (χ0) is 19.8. The van der Waals surface area contributed by atoms with Crippen LogP contribution in [0.4, 0.5) is 24.5 Å². The molecule has 1 aromatic carbocycles. The van der Waals surface area contributed by atoms with E-state index in [0.717, 1.165) is 7.11 Å². The summed E-state index contributed by atoms with van der Waals surface area (Å²) < 4.78 is 44.3. The summed E-state index contributed by atoms with van der Waals surface area (Å²) in [5, 5.41) is 5.91. The minimum absolute atomic E-state index is 0.472. The van der Waals surface area contributed by atoms with Gasteiger partial charge in [-0.3, -0.25) is 4.79 Å². The van der Waals surface area contributed by atoms with Gasteiger partial charge in [-0.25, -0.2) is 14.8 Å². The van der Waals surface area contributed by atoms with Crippen molar-refractivity contribution in [2.75, 3.05) is 17.7 Å². The Bertz CT molecular complexity index is 878. The highest BCUT2D eigenvalue weighted by Gasteiger charge is 2.41. The molecule has 4 N–H and O–H groups in total. The lowest BCUT2D eigenvalue weighted by Gasteiger charge is -2.21. The van der Waals surface area contributed by atoms with Crippen LogP contribution in [-0.2, 0) is 15.7 Å². The number of amides is 1. The molecule has 0 radical (unpaired) electrons. The van der Waals surface area contributed by atoms with Gasteiger partial charge in [-0.15, -0.1) is 0 Å². The van der Waals surface area contributed by atoms with Gasteiger partial charge in [0.05, 0.1) is 18.5 Å². The zero-order valence-corrected chi connectivity index (χ0v) is 13.9. The van der Waals surface area contributed by atoms with Crippen LogP contribution in [0.15, 0.2) is 30.5 Å². The van der Waals surface area contributed by atoms with Crippen LogP contribution in [0, 0.1) is 0 Å². The lowest BCUT2D eigenvalue weighted by atomic mass is 10.0. The van der Waals surface area contributed by atoms with Crippen molar-refractivity contribution < 1.29 is 27.5 Å². The highest BCUT2D eigenvalue weighted by atomic mass is 19.4. The topological polar surface area (TPSA) is 119 Å². The van der Waals surface area contributed by atoms with Crippen LogP contribution in [0.2, 0.25) is 0 Å². The molecule has 1 aliphatic rings. The van der Waals surface area contributed by atoms with Crippen molar-refractivity contribution in [2.45, 2.75) is 18.3 Å². The third-order valence-corrected chi connectivity index (χ3v) is 3.95. The number of methoxy groups -OCH3 is 1. The van der Waals surface area contributed by atoms with E-state index in [9.17, 15) is 22.8 Å². The van der Waals surface area contributed by atoms with Crippen LogP contribution in [0.3, 0.4) is 0 Å². The van der Waals surface area contributed by atoms with Gasteiger partial charge in [-0.2, -0.15) is 13.2 Å². The maximum atomic E-state index is 13.3. The number of alkyl halides is 3. The SMILES string of the molecule is COC(=O)c1cnc(C(C(N)=O)C2Nc3ccccc3N2)nc1C(F)(F)F. The van der Waals surface area contributed by atoms with Crippen LogP contribution >= 0.6 is 0 Å². The number of anilines is 2. The second-order valence-corrected chi connectivity index (χ2v) is 5.67. The number of hydrogen-bond donors (Lipinski definition) is 3. The molecule has 11 heteroatoms. The van der Waals surface area contributed by atoms with E-state index in [0.29, 0.717) is 17.6 Å². The molecule has 1 unspecified atom stereocenters. The van der Waals surface area contributed by atoms with Crippen LogP contribution in [0.25, 0.3) is 0 Å². The highest BCUT2D eigenvalue weighted by molar-refractivity contribution is 5.90. The predicted octanol–water partition coefficient (Wildman–Crippen LogP) is 1.71. The number of halogens is 3. The van der Waals surface area contributed by atoms with E-state index >= 15 is 0 Å². The summed E-state index contributed by atoms with van der Waals surface area (Å²) in [5.74, 6) is -3.98. The van der Waals surface area contributed by atoms with E-state index < -0.39 is 47.2 Å². The van der Waals surface area contributed by atoms with Gasteiger partial charge in [0.25, 0.3) is 0 Å². The van der Waals surface area contributed by atoms with E-state index in [1.165, 1.54) is 0 Å². The number of nitrogens with one attached hydrogen (secondary N) is 2. The number of esters is 1. The van der Waals surface area contributed by atoms with E-state index in [4.69, 9.17) is 5.73 Å². The number of rotatable bonds is 4. The van der Waals surface area contributed by atoms with Gasteiger partial charge in [0, 0.05) is 6.20 Å². The van der Waals surface area contributed by atoms with E-state index in [1.54, 1.807) is 24.3 Å². The molecule has 0 saturated carbocycles. The van der Waals surface area contributed by atoms with Crippen LogP contribution in [-0.4, -0.2) is 35.1 Å².